The van der Waals surface area contributed by atoms with Crippen molar-refractivity contribution in [2.75, 3.05) is 0 Å². The Bertz CT molecular complexity index is 483. The van der Waals surface area contributed by atoms with Gasteiger partial charge in [-0.3, -0.25) is 4.79 Å². The average molecular weight is 214 g/mol. The predicted octanol–water partition coefficient (Wildman–Crippen LogP) is 2.95. The fourth-order valence-electron chi connectivity index (χ4n) is 1.72. The molecule has 1 aromatic rings. The molecular formula is C13H10OS. The number of fused-ring (bicyclic) bond motifs is 1. The number of ketones is 1. The molecule has 1 nitrogen and oxygen atoms in total. The van der Waals surface area contributed by atoms with E-state index >= 15 is 0 Å². The first-order valence-electron chi connectivity index (χ1n) is 4.73. The molecule has 0 N–H and O–H groups in total. The Morgan fingerprint density at radius 1 is 1.27 bits per heavy atom. The van der Waals surface area contributed by atoms with Crippen molar-refractivity contribution in [2.24, 2.45) is 0 Å². The van der Waals surface area contributed by atoms with Gasteiger partial charge < -0.3 is 0 Å². The second kappa shape index (κ2) is 3.91. The van der Waals surface area contributed by atoms with E-state index in [1.807, 2.05) is 24.3 Å². The normalized spacial score (nSPS) is 14.5. The quantitative estimate of drug-likeness (QED) is 0.556. The van der Waals surface area contributed by atoms with Crippen molar-refractivity contribution in [2.45, 2.75) is 6.42 Å². The number of thiocarbonyl (C=S) groups is 1. The van der Waals surface area contributed by atoms with E-state index in [4.69, 9.17) is 12.2 Å². The Morgan fingerprint density at radius 3 is 2.60 bits per heavy atom. The van der Waals surface area contributed by atoms with Gasteiger partial charge in [-0.15, -0.1) is 6.58 Å². The summed E-state index contributed by atoms with van der Waals surface area (Å²) >= 11 is 5.10. The molecule has 0 atom stereocenters. The predicted molar refractivity (Wildman–Crippen MR) is 65.9 cm³/mol. The molecule has 0 fully saturated rings. The summed E-state index contributed by atoms with van der Waals surface area (Å²) in [5.74, 6) is -0.0689. The summed E-state index contributed by atoms with van der Waals surface area (Å²) in [4.78, 5) is 12.0. The molecule has 1 aliphatic carbocycles. The Balaban J connectivity index is 2.60. The third-order valence-electron chi connectivity index (χ3n) is 2.41. The van der Waals surface area contributed by atoms with Crippen molar-refractivity contribution >= 4 is 28.4 Å². The van der Waals surface area contributed by atoms with Crippen LogP contribution in [-0.2, 0) is 4.79 Å². The molecule has 74 valence electrons. The van der Waals surface area contributed by atoms with E-state index < -0.39 is 0 Å². The van der Waals surface area contributed by atoms with E-state index in [1.165, 1.54) is 0 Å². The van der Waals surface area contributed by atoms with E-state index in [1.54, 1.807) is 12.2 Å². The first kappa shape index (κ1) is 9.99. The molecule has 0 unspecified atom stereocenters. The smallest absolute Gasteiger partial charge is 0.197 e. The fourth-order valence-corrected chi connectivity index (χ4v) is 1.96. The van der Waals surface area contributed by atoms with Crippen LogP contribution in [0.2, 0.25) is 0 Å². The maximum Gasteiger partial charge on any atom is 0.197 e. The molecule has 0 radical (unpaired) electrons. The summed E-state index contributed by atoms with van der Waals surface area (Å²) in [6.07, 6.45) is 4.11. The number of carbonyl (C=O) groups is 1. The van der Waals surface area contributed by atoms with Crippen molar-refractivity contribution in [1.82, 2.24) is 0 Å². The highest BCUT2D eigenvalue weighted by atomic mass is 32.1. The standard InChI is InChI=1S/C13H10OS/c1-2-5-9-8-12(14)13(15)11-7-4-3-6-10(9)11/h2-4,6-8H,1,5H2. The molecule has 0 aliphatic heterocycles. The molecule has 0 heterocycles. The van der Waals surface area contributed by atoms with Crippen LogP contribution in [0, 0.1) is 0 Å². The van der Waals surface area contributed by atoms with Crippen LogP contribution >= 0.6 is 12.2 Å². The molecule has 0 aromatic heterocycles. The van der Waals surface area contributed by atoms with Gasteiger partial charge in [0.2, 0.25) is 0 Å². The van der Waals surface area contributed by atoms with Crippen LogP contribution in [0.5, 0.6) is 0 Å². The van der Waals surface area contributed by atoms with Crippen LogP contribution in [0.1, 0.15) is 17.5 Å². The third kappa shape index (κ3) is 1.68. The number of hydrogen-bond acceptors (Lipinski definition) is 2. The number of allylic oxidation sites excluding steroid dienone is 3. The maximum atomic E-state index is 11.6. The lowest BCUT2D eigenvalue weighted by molar-refractivity contribution is -0.108. The summed E-state index contributed by atoms with van der Waals surface area (Å²) in [5, 5.41) is 0. The third-order valence-corrected chi connectivity index (χ3v) is 2.83. The molecule has 0 amide bonds. The van der Waals surface area contributed by atoms with Gasteiger partial charge in [0.05, 0.1) is 4.86 Å². The van der Waals surface area contributed by atoms with Gasteiger partial charge in [-0.2, -0.15) is 0 Å². The second-order valence-corrected chi connectivity index (χ2v) is 3.81. The Morgan fingerprint density at radius 2 is 1.93 bits per heavy atom. The van der Waals surface area contributed by atoms with Crippen LogP contribution in [0.3, 0.4) is 0 Å². The number of rotatable bonds is 2. The average Bonchev–Trinajstić information content (AvgIpc) is 2.26. The van der Waals surface area contributed by atoms with Gasteiger partial charge in [-0.1, -0.05) is 42.6 Å². The van der Waals surface area contributed by atoms with Crippen LogP contribution in [0.15, 0.2) is 43.0 Å². The maximum absolute atomic E-state index is 11.6. The Labute approximate surface area is 94.1 Å². The summed E-state index contributed by atoms with van der Waals surface area (Å²) in [5.41, 5.74) is 2.93. The lowest BCUT2D eigenvalue weighted by Crippen LogP contribution is -2.17. The van der Waals surface area contributed by atoms with Crippen LogP contribution in [-0.4, -0.2) is 10.6 Å². The monoisotopic (exact) mass is 214 g/mol. The van der Waals surface area contributed by atoms with E-state index in [2.05, 4.69) is 6.58 Å². The summed E-state index contributed by atoms with van der Waals surface area (Å²) < 4.78 is 0. The number of carbonyl (C=O) groups excluding carboxylic acids is 1. The molecule has 1 aromatic carbocycles. The minimum atomic E-state index is -0.0689. The van der Waals surface area contributed by atoms with E-state index in [9.17, 15) is 4.79 Å². The number of benzene rings is 1. The highest BCUT2D eigenvalue weighted by Gasteiger charge is 2.20. The minimum absolute atomic E-state index is 0.0689. The van der Waals surface area contributed by atoms with Gasteiger partial charge in [0, 0.05) is 5.56 Å². The van der Waals surface area contributed by atoms with Crippen LogP contribution < -0.4 is 0 Å². The molecule has 0 bridgehead atoms. The van der Waals surface area contributed by atoms with Crippen molar-refractivity contribution in [3.8, 4) is 0 Å². The Hall–Kier alpha value is -1.54. The molecule has 15 heavy (non-hydrogen) atoms. The van der Waals surface area contributed by atoms with Crippen molar-refractivity contribution in [3.63, 3.8) is 0 Å². The highest BCUT2D eigenvalue weighted by molar-refractivity contribution is 7.82. The van der Waals surface area contributed by atoms with Crippen molar-refractivity contribution < 1.29 is 4.79 Å². The molecule has 0 saturated heterocycles. The van der Waals surface area contributed by atoms with Gasteiger partial charge in [-0.25, -0.2) is 0 Å². The highest BCUT2D eigenvalue weighted by Crippen LogP contribution is 2.27. The van der Waals surface area contributed by atoms with E-state index in [0.717, 1.165) is 16.7 Å². The summed E-state index contributed by atoms with van der Waals surface area (Å²) in [6, 6.07) is 7.73. The zero-order chi connectivity index (χ0) is 10.8. The van der Waals surface area contributed by atoms with Gasteiger partial charge in [0.1, 0.15) is 0 Å². The summed E-state index contributed by atoms with van der Waals surface area (Å²) in [6.45, 7) is 3.69. The van der Waals surface area contributed by atoms with Crippen molar-refractivity contribution in [3.05, 3.63) is 54.1 Å². The fraction of sp³-hybridized carbons (Fsp3) is 0.0769. The van der Waals surface area contributed by atoms with Crippen LogP contribution in [0.25, 0.3) is 5.57 Å². The largest absolute Gasteiger partial charge is 0.288 e. The zero-order valence-electron chi connectivity index (χ0n) is 8.19. The molecule has 0 spiro atoms. The molecule has 2 rings (SSSR count). The first-order chi connectivity index (χ1) is 7.24. The van der Waals surface area contributed by atoms with Crippen LogP contribution in [0.4, 0.5) is 0 Å². The van der Waals surface area contributed by atoms with Gasteiger partial charge >= 0.3 is 0 Å². The first-order valence-corrected chi connectivity index (χ1v) is 5.14. The number of hydrogen-bond donors (Lipinski definition) is 0. The van der Waals surface area contributed by atoms with E-state index in [0.29, 0.717) is 11.3 Å². The second-order valence-electron chi connectivity index (χ2n) is 3.40. The molecule has 2 heteroatoms. The van der Waals surface area contributed by atoms with Crippen molar-refractivity contribution in [1.29, 1.82) is 0 Å². The topological polar surface area (TPSA) is 17.1 Å². The van der Waals surface area contributed by atoms with Gasteiger partial charge in [0.15, 0.2) is 5.78 Å². The van der Waals surface area contributed by atoms with Gasteiger partial charge in [-0.05, 0) is 23.6 Å². The molecular weight excluding hydrogens is 204 g/mol. The minimum Gasteiger partial charge on any atom is -0.288 e. The molecule has 0 saturated carbocycles. The lowest BCUT2D eigenvalue weighted by Gasteiger charge is -2.16. The lowest BCUT2D eigenvalue weighted by atomic mass is 9.88. The van der Waals surface area contributed by atoms with Gasteiger partial charge in [0.25, 0.3) is 0 Å². The Kier molecular flexibility index (Phi) is 2.60. The zero-order valence-corrected chi connectivity index (χ0v) is 9.01. The SMILES string of the molecule is C=CCC1=CC(=O)C(=S)c2ccccc21. The molecule has 1 aliphatic rings. The summed E-state index contributed by atoms with van der Waals surface area (Å²) in [7, 11) is 0. The van der Waals surface area contributed by atoms with E-state index in [-0.39, 0.29) is 5.78 Å².